The summed E-state index contributed by atoms with van der Waals surface area (Å²) in [4.78, 5) is 19.5. The molecular formula is C33H33N7. The van der Waals surface area contributed by atoms with Crippen LogP contribution >= 0.6 is 0 Å². The van der Waals surface area contributed by atoms with Gasteiger partial charge >= 0.3 is 0 Å². The van der Waals surface area contributed by atoms with Gasteiger partial charge in [-0.2, -0.15) is 0 Å². The maximum atomic E-state index is 4.81. The minimum Gasteiger partial charge on any atom is -0.371 e. The van der Waals surface area contributed by atoms with E-state index < -0.39 is 0 Å². The molecule has 1 aliphatic heterocycles. The highest BCUT2D eigenvalue weighted by atomic mass is 15.2. The molecule has 0 radical (unpaired) electrons. The predicted molar refractivity (Wildman–Crippen MR) is 167 cm³/mol. The van der Waals surface area contributed by atoms with E-state index in [1.807, 2.05) is 63.5 Å². The van der Waals surface area contributed by atoms with E-state index >= 15 is 0 Å². The molecule has 40 heavy (non-hydrogen) atoms. The Bertz CT molecular complexity index is 1770. The van der Waals surface area contributed by atoms with Crippen LogP contribution in [0, 0.1) is 6.92 Å². The van der Waals surface area contributed by atoms with E-state index in [9.17, 15) is 0 Å². The third-order valence-corrected chi connectivity index (χ3v) is 7.05. The second-order valence-electron chi connectivity index (χ2n) is 9.73. The van der Waals surface area contributed by atoms with Crippen molar-refractivity contribution in [1.29, 1.82) is 0 Å². The Kier molecular flexibility index (Phi) is 7.02. The molecule has 0 amide bonds. The van der Waals surface area contributed by atoms with Crippen molar-refractivity contribution in [3.05, 3.63) is 97.0 Å². The fourth-order valence-corrected chi connectivity index (χ4v) is 4.90. The maximum absolute atomic E-state index is 4.81. The van der Waals surface area contributed by atoms with Crippen LogP contribution < -0.4 is 15.5 Å². The number of pyridine rings is 2. The molecule has 3 aromatic heterocycles. The molecule has 3 aromatic carbocycles. The minimum atomic E-state index is 0.844. The summed E-state index contributed by atoms with van der Waals surface area (Å²) in [5, 5.41) is 8.16. The molecule has 4 heterocycles. The highest BCUT2D eigenvalue weighted by Gasteiger charge is 2.15. The van der Waals surface area contributed by atoms with E-state index in [0.29, 0.717) is 0 Å². The Hall–Kier alpha value is -4.91. The van der Waals surface area contributed by atoms with Crippen LogP contribution in [0.1, 0.15) is 26.0 Å². The van der Waals surface area contributed by atoms with Crippen molar-refractivity contribution >= 4 is 50.4 Å². The molecule has 1 saturated heterocycles. The zero-order chi connectivity index (χ0) is 27.5. The van der Waals surface area contributed by atoms with Gasteiger partial charge in [0.2, 0.25) is 0 Å². The van der Waals surface area contributed by atoms with Gasteiger partial charge in [-0.1, -0.05) is 13.8 Å². The number of fused-ring (bicyclic) bond motifs is 2. The lowest BCUT2D eigenvalue weighted by Crippen LogP contribution is -2.36. The Morgan fingerprint density at radius 1 is 0.725 bits per heavy atom. The van der Waals surface area contributed by atoms with Crippen molar-refractivity contribution in [2.45, 2.75) is 27.2 Å². The van der Waals surface area contributed by atoms with Crippen LogP contribution in [-0.4, -0.2) is 33.0 Å². The third-order valence-electron chi connectivity index (χ3n) is 7.05. The Morgan fingerprint density at radius 3 is 2.25 bits per heavy atom. The second-order valence-corrected chi connectivity index (χ2v) is 9.73. The van der Waals surface area contributed by atoms with Crippen molar-refractivity contribution in [3.8, 4) is 11.4 Å². The van der Waals surface area contributed by atoms with Crippen molar-refractivity contribution in [2.75, 3.05) is 28.6 Å². The van der Waals surface area contributed by atoms with Gasteiger partial charge in [-0.05, 0) is 92.2 Å². The molecule has 6 aromatic rings. The van der Waals surface area contributed by atoms with Crippen LogP contribution in [0.4, 0.5) is 28.4 Å². The number of hydrogen-bond donors (Lipinski definition) is 3. The zero-order valence-electron chi connectivity index (χ0n) is 23.1. The lowest BCUT2D eigenvalue weighted by atomic mass is 10.1. The fraction of sp³-hybridized carbons (Fsp3) is 0.182. The summed E-state index contributed by atoms with van der Waals surface area (Å²) in [6, 6.07) is 27.1. The predicted octanol–water partition coefficient (Wildman–Crippen LogP) is 8.21. The van der Waals surface area contributed by atoms with E-state index in [2.05, 4.69) is 79.0 Å². The molecule has 200 valence electrons. The smallest absolute Gasteiger partial charge is 0.138 e. The Morgan fingerprint density at radius 2 is 1.48 bits per heavy atom. The number of hydrogen-bond acceptors (Lipinski definition) is 6. The van der Waals surface area contributed by atoms with Crippen molar-refractivity contribution < 1.29 is 0 Å². The highest BCUT2D eigenvalue weighted by Crippen LogP contribution is 2.31. The molecule has 0 bridgehead atoms. The molecule has 0 atom stereocenters. The normalized spacial score (nSPS) is 12.5. The number of aromatic amines is 1. The summed E-state index contributed by atoms with van der Waals surface area (Å²) >= 11 is 0. The van der Waals surface area contributed by atoms with Gasteiger partial charge in [0.25, 0.3) is 0 Å². The van der Waals surface area contributed by atoms with Crippen LogP contribution in [0.25, 0.3) is 33.3 Å². The van der Waals surface area contributed by atoms with Gasteiger partial charge in [0.15, 0.2) is 0 Å². The summed E-state index contributed by atoms with van der Waals surface area (Å²) in [6.45, 7) is 8.24. The quantitative estimate of drug-likeness (QED) is 0.202. The molecule has 0 unspecified atom stereocenters. The lowest BCUT2D eigenvalue weighted by molar-refractivity contribution is 0.618. The van der Waals surface area contributed by atoms with Crippen LogP contribution in [0.2, 0.25) is 0 Å². The number of aryl methyl sites for hydroxylation is 1. The van der Waals surface area contributed by atoms with Gasteiger partial charge in [-0.25, -0.2) is 4.98 Å². The van der Waals surface area contributed by atoms with Gasteiger partial charge in [0.1, 0.15) is 5.82 Å². The van der Waals surface area contributed by atoms with E-state index in [-0.39, 0.29) is 0 Å². The zero-order valence-corrected chi connectivity index (χ0v) is 23.1. The van der Waals surface area contributed by atoms with Crippen LogP contribution in [0.3, 0.4) is 0 Å². The summed E-state index contributed by atoms with van der Waals surface area (Å²) < 4.78 is 0. The number of aromatic nitrogens is 4. The average molecular weight is 528 g/mol. The van der Waals surface area contributed by atoms with Gasteiger partial charge in [-0.3, -0.25) is 9.97 Å². The van der Waals surface area contributed by atoms with E-state index in [0.717, 1.165) is 74.9 Å². The lowest BCUT2D eigenvalue weighted by Gasteiger charge is -2.33. The standard InChI is InChI=1S/C31H27N7.C2H6/c1-20-17-24(11-13-32-20)34-23-7-9-29-30(18-23)37-31(36-29)21-3-5-22(6-4-21)35-28-12-14-33-27-10-8-25(19-26(27)28)38-15-2-16-38;1-2/h3-14,17-19H,2,15-16H2,1H3,(H,32,34)(H,33,35)(H,36,37);1-2H3. The van der Waals surface area contributed by atoms with Crippen LogP contribution in [0.15, 0.2) is 91.3 Å². The van der Waals surface area contributed by atoms with E-state index in [1.54, 1.807) is 0 Å². The molecular weight excluding hydrogens is 494 g/mol. The summed E-state index contributed by atoms with van der Waals surface area (Å²) in [7, 11) is 0. The molecule has 7 rings (SSSR count). The third kappa shape index (κ3) is 5.18. The number of anilines is 5. The van der Waals surface area contributed by atoms with Gasteiger partial charge in [0.05, 0.1) is 16.6 Å². The van der Waals surface area contributed by atoms with Crippen LogP contribution in [-0.2, 0) is 0 Å². The summed E-state index contributed by atoms with van der Waals surface area (Å²) in [6.07, 6.45) is 4.93. The molecule has 0 saturated carbocycles. The first-order valence-electron chi connectivity index (χ1n) is 13.9. The molecule has 7 nitrogen and oxygen atoms in total. The highest BCUT2D eigenvalue weighted by molar-refractivity contribution is 5.95. The number of nitrogens with zero attached hydrogens (tertiary/aromatic N) is 4. The first kappa shape index (κ1) is 25.4. The number of nitrogens with one attached hydrogen (secondary N) is 3. The van der Waals surface area contributed by atoms with Crippen LogP contribution in [0.5, 0.6) is 0 Å². The topological polar surface area (TPSA) is 81.8 Å². The number of imidazole rings is 1. The van der Waals surface area contributed by atoms with Crippen molar-refractivity contribution in [2.24, 2.45) is 0 Å². The van der Waals surface area contributed by atoms with Crippen molar-refractivity contribution in [1.82, 2.24) is 19.9 Å². The molecule has 3 N–H and O–H groups in total. The second kappa shape index (κ2) is 11.1. The summed E-state index contributed by atoms with van der Waals surface area (Å²) in [5.41, 5.74) is 10.3. The average Bonchev–Trinajstić information content (AvgIpc) is 3.38. The van der Waals surface area contributed by atoms with Gasteiger partial charge in [-0.15, -0.1) is 0 Å². The molecule has 0 spiro atoms. The SMILES string of the molecule is CC.Cc1cc(Nc2ccc3nc(-c4ccc(Nc5ccnc6ccc(N7CCC7)cc56)cc4)[nH]c3c2)ccn1. The Balaban J connectivity index is 0.00000142. The van der Waals surface area contributed by atoms with E-state index in [1.165, 1.54) is 12.1 Å². The fourth-order valence-electron chi connectivity index (χ4n) is 4.90. The molecule has 1 fully saturated rings. The minimum absolute atomic E-state index is 0.844. The van der Waals surface area contributed by atoms with Gasteiger partial charge < -0.3 is 20.5 Å². The van der Waals surface area contributed by atoms with Crippen molar-refractivity contribution in [3.63, 3.8) is 0 Å². The molecule has 1 aliphatic rings. The summed E-state index contributed by atoms with van der Waals surface area (Å²) in [5.74, 6) is 0.844. The maximum Gasteiger partial charge on any atom is 0.138 e. The molecule has 0 aliphatic carbocycles. The Labute approximate surface area is 234 Å². The first-order valence-corrected chi connectivity index (χ1v) is 13.9. The largest absolute Gasteiger partial charge is 0.371 e. The van der Waals surface area contributed by atoms with E-state index in [4.69, 9.17) is 4.98 Å². The number of H-pyrrole nitrogens is 1. The van der Waals surface area contributed by atoms with Gasteiger partial charge in [0, 0.05) is 70.6 Å². The first-order chi connectivity index (χ1) is 19.7. The number of benzene rings is 3. The monoisotopic (exact) mass is 527 g/mol. The number of rotatable bonds is 6. The molecule has 7 heteroatoms.